The summed E-state index contributed by atoms with van der Waals surface area (Å²) in [4.78, 5) is -0.862. The molecule has 1 rings (SSSR count). The Labute approximate surface area is 106 Å². The number of thiocarbonyl (C=S) groups is 1. The molecule has 0 radical (unpaired) electrons. The van der Waals surface area contributed by atoms with E-state index in [0.29, 0.717) is 0 Å². The number of rotatable bonds is 1. The standard InChI is InChI=1S/C8H6F9NS/c1-3(19)18-5(11)2-4(9,10)6(12,13)8(16,17)7(5,14)15/h2H2,1H3,(H,18,19). The lowest BCUT2D eigenvalue weighted by molar-refractivity contribution is -0.426. The quantitative estimate of drug-likeness (QED) is 0.451. The molecule has 1 N–H and O–H groups in total. The second-order valence-corrected chi connectivity index (χ2v) is 4.70. The summed E-state index contributed by atoms with van der Waals surface area (Å²) in [6.45, 7) is 0.746. The number of hydrogen-bond acceptors (Lipinski definition) is 1. The van der Waals surface area contributed by atoms with E-state index in [1.54, 1.807) is 0 Å². The normalized spacial score (nSPS) is 34.6. The molecule has 0 saturated heterocycles. The number of nitrogens with one attached hydrogen (secondary N) is 1. The van der Waals surface area contributed by atoms with E-state index in [-0.39, 0.29) is 0 Å². The molecule has 19 heavy (non-hydrogen) atoms. The summed E-state index contributed by atoms with van der Waals surface area (Å²) in [6.07, 6.45) is -2.84. The molecule has 0 aliphatic heterocycles. The maximum atomic E-state index is 13.7. The van der Waals surface area contributed by atoms with Crippen molar-refractivity contribution in [3.63, 3.8) is 0 Å². The molecule has 0 bridgehead atoms. The summed E-state index contributed by atoms with van der Waals surface area (Å²) in [6, 6.07) is 0. The van der Waals surface area contributed by atoms with Crippen molar-refractivity contribution in [2.45, 2.75) is 42.8 Å². The summed E-state index contributed by atoms with van der Waals surface area (Å²) in [7, 11) is 0. The van der Waals surface area contributed by atoms with Gasteiger partial charge in [-0.05, 0) is 6.92 Å². The van der Waals surface area contributed by atoms with Crippen LogP contribution in [0.25, 0.3) is 0 Å². The molecule has 1 aliphatic carbocycles. The third kappa shape index (κ3) is 1.88. The van der Waals surface area contributed by atoms with E-state index in [1.165, 1.54) is 0 Å². The molecule has 112 valence electrons. The average molecular weight is 319 g/mol. The molecule has 11 heteroatoms. The van der Waals surface area contributed by atoms with Crippen molar-refractivity contribution in [1.82, 2.24) is 5.32 Å². The van der Waals surface area contributed by atoms with Crippen LogP contribution in [0.15, 0.2) is 0 Å². The highest BCUT2D eigenvalue weighted by atomic mass is 32.1. The zero-order chi connectivity index (χ0) is 15.5. The minimum absolute atomic E-state index is 0.746. The van der Waals surface area contributed by atoms with Crippen LogP contribution >= 0.6 is 12.2 Å². The molecule has 0 spiro atoms. The van der Waals surface area contributed by atoms with E-state index in [2.05, 4.69) is 12.2 Å². The molecule has 0 aromatic carbocycles. The van der Waals surface area contributed by atoms with Gasteiger partial charge in [0.1, 0.15) is 0 Å². The Kier molecular flexibility index (Phi) is 3.34. The van der Waals surface area contributed by atoms with Crippen LogP contribution in [0.5, 0.6) is 0 Å². The Morgan fingerprint density at radius 3 is 1.63 bits per heavy atom. The molecule has 1 unspecified atom stereocenters. The maximum Gasteiger partial charge on any atom is 0.383 e. The van der Waals surface area contributed by atoms with Crippen LogP contribution < -0.4 is 5.32 Å². The Balaban J connectivity index is 3.45. The molecule has 0 aromatic heterocycles. The summed E-state index contributed by atoms with van der Waals surface area (Å²) < 4.78 is 117. The van der Waals surface area contributed by atoms with E-state index < -0.39 is 40.9 Å². The van der Waals surface area contributed by atoms with Gasteiger partial charge in [-0.15, -0.1) is 0 Å². The van der Waals surface area contributed by atoms with Gasteiger partial charge in [-0.1, -0.05) is 12.2 Å². The fourth-order valence-electron chi connectivity index (χ4n) is 1.61. The lowest BCUT2D eigenvalue weighted by atomic mass is 9.80. The Bertz CT molecular complexity index is 407. The van der Waals surface area contributed by atoms with Gasteiger partial charge >= 0.3 is 23.7 Å². The van der Waals surface area contributed by atoms with E-state index in [1.807, 2.05) is 0 Å². The van der Waals surface area contributed by atoms with E-state index in [0.717, 1.165) is 12.2 Å². The number of halogens is 9. The van der Waals surface area contributed by atoms with Crippen LogP contribution in [-0.2, 0) is 0 Å². The van der Waals surface area contributed by atoms with Gasteiger partial charge < -0.3 is 5.32 Å². The molecule has 1 nitrogen and oxygen atoms in total. The molecule has 1 saturated carbocycles. The molecule has 1 aliphatic rings. The number of alkyl halides is 9. The van der Waals surface area contributed by atoms with E-state index in [4.69, 9.17) is 0 Å². The highest BCUT2D eigenvalue weighted by Crippen LogP contribution is 2.63. The van der Waals surface area contributed by atoms with Crippen LogP contribution in [0.1, 0.15) is 13.3 Å². The van der Waals surface area contributed by atoms with Crippen LogP contribution in [0.4, 0.5) is 39.5 Å². The SMILES string of the molecule is CC(=S)NC1(F)CC(F)(F)C(F)(F)C(F)(F)C1(F)F. The molecule has 0 amide bonds. The first-order valence-electron chi connectivity index (χ1n) is 4.61. The van der Waals surface area contributed by atoms with Crippen LogP contribution in [-0.4, -0.2) is 34.5 Å². The lowest BCUT2D eigenvalue weighted by Gasteiger charge is -2.48. The first-order valence-corrected chi connectivity index (χ1v) is 5.02. The van der Waals surface area contributed by atoms with Crippen molar-refractivity contribution in [1.29, 1.82) is 0 Å². The van der Waals surface area contributed by atoms with Crippen LogP contribution in [0.2, 0.25) is 0 Å². The summed E-state index contributed by atoms with van der Waals surface area (Å²) in [5.41, 5.74) is 0. The summed E-state index contributed by atoms with van der Waals surface area (Å²) in [5.74, 6) is -29.5. The van der Waals surface area contributed by atoms with Gasteiger partial charge in [-0.25, -0.2) is 4.39 Å². The predicted octanol–water partition coefficient (Wildman–Crippen LogP) is 3.53. The monoisotopic (exact) mass is 319 g/mol. The minimum atomic E-state index is -6.59. The Morgan fingerprint density at radius 2 is 1.26 bits per heavy atom. The zero-order valence-electron chi connectivity index (χ0n) is 9.02. The van der Waals surface area contributed by atoms with Gasteiger partial charge in [0, 0.05) is 0 Å². The summed E-state index contributed by atoms with van der Waals surface area (Å²) in [5, 5.41) is 0.919. The second-order valence-electron chi connectivity index (χ2n) is 4.09. The van der Waals surface area contributed by atoms with Gasteiger partial charge in [0.15, 0.2) is 0 Å². The van der Waals surface area contributed by atoms with Gasteiger partial charge in [0.05, 0.1) is 11.4 Å². The van der Waals surface area contributed by atoms with E-state index in [9.17, 15) is 39.5 Å². The Morgan fingerprint density at radius 1 is 0.842 bits per heavy atom. The molecule has 1 atom stereocenters. The summed E-state index contributed by atoms with van der Waals surface area (Å²) >= 11 is 4.10. The van der Waals surface area contributed by atoms with E-state index >= 15 is 0 Å². The third-order valence-corrected chi connectivity index (χ3v) is 2.69. The first kappa shape index (κ1) is 16.3. The average Bonchev–Trinajstić information content (AvgIpc) is 2.12. The van der Waals surface area contributed by atoms with Crippen molar-refractivity contribution in [2.75, 3.05) is 0 Å². The molecule has 0 heterocycles. The van der Waals surface area contributed by atoms with Crippen molar-refractivity contribution in [3.05, 3.63) is 0 Å². The van der Waals surface area contributed by atoms with Crippen molar-refractivity contribution < 1.29 is 39.5 Å². The highest BCUT2D eigenvalue weighted by Gasteiger charge is 2.91. The maximum absolute atomic E-state index is 13.7. The zero-order valence-corrected chi connectivity index (χ0v) is 9.83. The van der Waals surface area contributed by atoms with Crippen LogP contribution in [0, 0.1) is 0 Å². The third-order valence-electron chi connectivity index (χ3n) is 2.59. The van der Waals surface area contributed by atoms with Crippen molar-refractivity contribution in [2.24, 2.45) is 0 Å². The topological polar surface area (TPSA) is 12.0 Å². The van der Waals surface area contributed by atoms with Gasteiger partial charge in [0.25, 0.3) is 5.79 Å². The van der Waals surface area contributed by atoms with Crippen LogP contribution in [0.3, 0.4) is 0 Å². The molecule has 0 aromatic rings. The predicted molar refractivity (Wildman–Crippen MR) is 49.7 cm³/mol. The van der Waals surface area contributed by atoms with Crippen molar-refractivity contribution >= 4 is 17.2 Å². The largest absolute Gasteiger partial charge is 0.383 e. The Hall–Kier alpha value is -0.740. The van der Waals surface area contributed by atoms with Crippen molar-refractivity contribution in [3.8, 4) is 0 Å². The second kappa shape index (κ2) is 3.89. The van der Waals surface area contributed by atoms with Gasteiger partial charge in [-0.2, -0.15) is 35.1 Å². The fraction of sp³-hybridized carbons (Fsp3) is 0.875. The lowest BCUT2D eigenvalue weighted by Crippen LogP contribution is -2.78. The number of hydrogen-bond donors (Lipinski definition) is 1. The van der Waals surface area contributed by atoms with Gasteiger partial charge in [-0.3, -0.25) is 0 Å². The molecule has 1 fully saturated rings. The first-order chi connectivity index (χ1) is 8.12. The fourth-order valence-corrected chi connectivity index (χ4v) is 1.77. The minimum Gasteiger partial charge on any atom is -0.343 e. The van der Waals surface area contributed by atoms with Gasteiger partial charge in [0.2, 0.25) is 0 Å². The smallest absolute Gasteiger partial charge is 0.343 e. The molecular formula is C8H6F9NS. The molecular weight excluding hydrogens is 313 g/mol. The highest BCUT2D eigenvalue weighted by molar-refractivity contribution is 7.80.